The molecule has 21 heavy (non-hydrogen) atoms. The molecule has 0 saturated heterocycles. The molecule has 0 aromatic carbocycles. The summed E-state index contributed by atoms with van der Waals surface area (Å²) in [5.74, 6) is 0.774. The van der Waals surface area contributed by atoms with Gasteiger partial charge in [0, 0.05) is 17.6 Å². The Labute approximate surface area is 138 Å². The molecular formula is C15H19BrClN3O. The smallest absolute Gasteiger partial charge is 0.142 e. The molecule has 2 rings (SSSR count). The minimum Gasteiger partial charge on any atom is -0.485 e. The predicted molar refractivity (Wildman–Crippen MR) is 88.2 cm³/mol. The molecule has 0 radical (unpaired) electrons. The molecule has 0 fully saturated rings. The maximum Gasteiger partial charge on any atom is 0.142 e. The standard InChI is InChI=1S/C15H19BrClN3O/c1-4-11-15(17)13(20(5-2)19-11)9-21-14-7-6-10(3)18-12(14)8-16/h6-7H,4-5,8-9H2,1-3H3. The van der Waals surface area contributed by atoms with Crippen molar-refractivity contribution in [3.63, 3.8) is 0 Å². The van der Waals surface area contributed by atoms with Crippen LogP contribution in [0.4, 0.5) is 0 Å². The molecule has 6 heteroatoms. The third-order valence-corrected chi connectivity index (χ3v) is 4.22. The van der Waals surface area contributed by atoms with Gasteiger partial charge in [0.2, 0.25) is 0 Å². The Morgan fingerprint density at radius 1 is 1.29 bits per heavy atom. The second kappa shape index (κ2) is 7.27. The number of rotatable bonds is 6. The van der Waals surface area contributed by atoms with Crippen molar-refractivity contribution in [1.29, 1.82) is 0 Å². The summed E-state index contributed by atoms with van der Waals surface area (Å²) in [6, 6.07) is 3.89. The number of nitrogens with zero attached hydrogens (tertiary/aromatic N) is 3. The van der Waals surface area contributed by atoms with Crippen molar-refractivity contribution >= 4 is 27.5 Å². The molecule has 0 amide bonds. The van der Waals surface area contributed by atoms with E-state index in [2.05, 4.69) is 26.0 Å². The predicted octanol–water partition coefficient (Wildman–Crippen LogP) is 4.30. The Morgan fingerprint density at radius 2 is 2.05 bits per heavy atom. The van der Waals surface area contributed by atoms with E-state index in [1.807, 2.05) is 37.6 Å². The third kappa shape index (κ3) is 3.58. The summed E-state index contributed by atoms with van der Waals surface area (Å²) in [5.41, 5.74) is 3.70. The minimum absolute atomic E-state index is 0.393. The van der Waals surface area contributed by atoms with Crippen LogP contribution in [0.2, 0.25) is 5.02 Å². The van der Waals surface area contributed by atoms with Gasteiger partial charge in [-0.25, -0.2) is 0 Å². The number of hydrogen-bond acceptors (Lipinski definition) is 3. The zero-order valence-corrected chi connectivity index (χ0v) is 14.8. The second-order valence-corrected chi connectivity index (χ2v) is 5.64. The van der Waals surface area contributed by atoms with Gasteiger partial charge in [-0.2, -0.15) is 5.10 Å². The zero-order chi connectivity index (χ0) is 15.4. The number of aromatic nitrogens is 3. The lowest BCUT2D eigenvalue weighted by molar-refractivity contribution is 0.289. The van der Waals surface area contributed by atoms with Crippen molar-refractivity contribution in [2.45, 2.75) is 45.7 Å². The van der Waals surface area contributed by atoms with E-state index >= 15 is 0 Å². The first kappa shape index (κ1) is 16.3. The summed E-state index contributed by atoms with van der Waals surface area (Å²) < 4.78 is 7.81. The topological polar surface area (TPSA) is 39.9 Å². The molecule has 0 aliphatic heterocycles. The van der Waals surface area contributed by atoms with E-state index in [0.29, 0.717) is 17.0 Å². The van der Waals surface area contributed by atoms with Crippen molar-refractivity contribution < 1.29 is 4.74 Å². The first-order chi connectivity index (χ1) is 10.1. The Bertz CT molecular complexity index is 628. The van der Waals surface area contributed by atoms with Crippen molar-refractivity contribution in [2.24, 2.45) is 0 Å². The Morgan fingerprint density at radius 3 is 2.67 bits per heavy atom. The number of aryl methyl sites for hydroxylation is 3. The molecule has 0 spiro atoms. The monoisotopic (exact) mass is 371 g/mol. The van der Waals surface area contributed by atoms with Crippen LogP contribution in [0.1, 0.15) is 36.6 Å². The molecule has 114 valence electrons. The Hall–Kier alpha value is -1.07. The number of halogens is 2. The molecule has 2 heterocycles. The van der Waals surface area contributed by atoms with Crippen molar-refractivity contribution in [1.82, 2.24) is 14.8 Å². The summed E-state index contributed by atoms with van der Waals surface area (Å²) in [4.78, 5) is 4.46. The van der Waals surface area contributed by atoms with Crippen LogP contribution < -0.4 is 4.74 Å². The van der Waals surface area contributed by atoms with E-state index < -0.39 is 0 Å². The van der Waals surface area contributed by atoms with Gasteiger partial charge in [-0.3, -0.25) is 9.67 Å². The summed E-state index contributed by atoms with van der Waals surface area (Å²) in [7, 11) is 0. The summed E-state index contributed by atoms with van der Waals surface area (Å²) in [6.07, 6.45) is 0.817. The Kier molecular flexibility index (Phi) is 5.65. The maximum absolute atomic E-state index is 6.39. The lowest BCUT2D eigenvalue weighted by Gasteiger charge is -2.11. The molecular weight excluding hydrogens is 354 g/mol. The van der Waals surface area contributed by atoms with E-state index in [9.17, 15) is 0 Å². The highest BCUT2D eigenvalue weighted by atomic mass is 79.9. The van der Waals surface area contributed by atoms with Gasteiger partial charge in [0.05, 0.1) is 22.1 Å². The lowest BCUT2D eigenvalue weighted by atomic mass is 10.3. The van der Waals surface area contributed by atoms with Crippen LogP contribution >= 0.6 is 27.5 Å². The molecule has 0 saturated carbocycles. The fraction of sp³-hybridized carbons (Fsp3) is 0.467. The highest BCUT2D eigenvalue weighted by molar-refractivity contribution is 9.08. The Balaban J connectivity index is 2.22. The normalized spacial score (nSPS) is 10.9. The second-order valence-electron chi connectivity index (χ2n) is 4.70. The number of pyridine rings is 1. The van der Waals surface area contributed by atoms with Crippen LogP contribution in [-0.4, -0.2) is 14.8 Å². The largest absolute Gasteiger partial charge is 0.485 e. The quantitative estimate of drug-likeness (QED) is 0.710. The fourth-order valence-electron chi connectivity index (χ4n) is 2.13. The SMILES string of the molecule is CCc1nn(CC)c(COc2ccc(C)nc2CBr)c1Cl. The first-order valence-corrected chi connectivity index (χ1v) is 8.49. The van der Waals surface area contributed by atoms with Gasteiger partial charge >= 0.3 is 0 Å². The average Bonchev–Trinajstić information content (AvgIpc) is 2.81. The highest BCUT2D eigenvalue weighted by Crippen LogP contribution is 2.25. The van der Waals surface area contributed by atoms with Crippen LogP contribution in [0.3, 0.4) is 0 Å². The van der Waals surface area contributed by atoms with Gasteiger partial charge in [0.1, 0.15) is 12.4 Å². The van der Waals surface area contributed by atoms with Gasteiger partial charge in [-0.1, -0.05) is 34.5 Å². The van der Waals surface area contributed by atoms with E-state index in [1.54, 1.807) is 0 Å². The zero-order valence-electron chi connectivity index (χ0n) is 12.5. The molecule has 4 nitrogen and oxygen atoms in total. The molecule has 2 aromatic heterocycles. The summed E-state index contributed by atoms with van der Waals surface area (Å²) in [5, 5.41) is 5.86. The van der Waals surface area contributed by atoms with Gasteiger partial charge in [-0.05, 0) is 32.4 Å². The molecule has 2 aromatic rings. The maximum atomic E-state index is 6.39. The van der Waals surface area contributed by atoms with Crippen LogP contribution in [0.5, 0.6) is 5.75 Å². The van der Waals surface area contributed by atoms with E-state index in [1.165, 1.54) is 0 Å². The molecule has 0 bridgehead atoms. The van der Waals surface area contributed by atoms with Crippen molar-refractivity contribution in [2.75, 3.05) is 0 Å². The van der Waals surface area contributed by atoms with Crippen LogP contribution in [0.25, 0.3) is 0 Å². The number of ether oxygens (including phenoxy) is 1. The third-order valence-electron chi connectivity index (χ3n) is 3.26. The summed E-state index contributed by atoms with van der Waals surface area (Å²) in [6.45, 7) is 7.22. The number of hydrogen-bond donors (Lipinski definition) is 0. The summed E-state index contributed by atoms with van der Waals surface area (Å²) >= 11 is 9.83. The first-order valence-electron chi connectivity index (χ1n) is 7.00. The molecule has 0 N–H and O–H groups in total. The van der Waals surface area contributed by atoms with Gasteiger partial charge in [0.25, 0.3) is 0 Å². The van der Waals surface area contributed by atoms with E-state index in [-0.39, 0.29) is 0 Å². The molecule has 0 unspecified atom stereocenters. The highest BCUT2D eigenvalue weighted by Gasteiger charge is 2.15. The van der Waals surface area contributed by atoms with E-state index in [4.69, 9.17) is 16.3 Å². The van der Waals surface area contributed by atoms with Gasteiger partial charge < -0.3 is 4.74 Å². The van der Waals surface area contributed by atoms with Crippen LogP contribution in [0, 0.1) is 6.92 Å². The molecule has 0 aliphatic carbocycles. The number of alkyl halides is 1. The minimum atomic E-state index is 0.393. The van der Waals surface area contributed by atoms with Gasteiger partial charge in [-0.15, -0.1) is 0 Å². The van der Waals surface area contributed by atoms with Crippen molar-refractivity contribution in [3.05, 3.63) is 39.9 Å². The lowest BCUT2D eigenvalue weighted by Crippen LogP contribution is -2.07. The average molecular weight is 373 g/mol. The van der Waals surface area contributed by atoms with Crippen LogP contribution in [0.15, 0.2) is 12.1 Å². The van der Waals surface area contributed by atoms with Crippen LogP contribution in [-0.2, 0) is 24.9 Å². The van der Waals surface area contributed by atoms with Gasteiger partial charge in [0.15, 0.2) is 0 Å². The fourth-order valence-corrected chi connectivity index (χ4v) is 2.85. The van der Waals surface area contributed by atoms with E-state index in [0.717, 1.165) is 41.5 Å². The molecule has 0 atom stereocenters. The van der Waals surface area contributed by atoms with Crippen molar-refractivity contribution in [3.8, 4) is 5.75 Å². The molecule has 0 aliphatic rings.